The number of nitrogens with zero attached hydrogens (tertiary/aromatic N) is 3. The van der Waals surface area contributed by atoms with Gasteiger partial charge in [0.25, 0.3) is 0 Å². The Balaban J connectivity index is 1.28. The van der Waals surface area contributed by atoms with E-state index in [1.165, 1.54) is 10.3 Å². The fourth-order valence-electron chi connectivity index (χ4n) is 4.78. The molecule has 2 aliphatic heterocycles. The zero-order valence-corrected chi connectivity index (χ0v) is 18.4. The van der Waals surface area contributed by atoms with Crippen molar-refractivity contribution < 1.29 is 9.59 Å². The molecule has 0 bridgehead atoms. The Hall–Kier alpha value is -2.73. The zero-order valence-electron chi connectivity index (χ0n) is 17.6. The molecule has 5 nitrogen and oxygen atoms in total. The number of para-hydroxylation sites is 1. The van der Waals surface area contributed by atoms with Gasteiger partial charge in [-0.25, -0.2) is 4.98 Å². The lowest BCUT2D eigenvalue weighted by molar-refractivity contribution is -0.139. The molecule has 2 saturated heterocycles. The van der Waals surface area contributed by atoms with Gasteiger partial charge in [0.15, 0.2) is 0 Å². The lowest BCUT2D eigenvalue weighted by Crippen LogP contribution is -2.42. The van der Waals surface area contributed by atoms with Crippen LogP contribution in [0.25, 0.3) is 10.2 Å². The molecule has 2 aromatic carbocycles. The predicted molar refractivity (Wildman–Crippen MR) is 123 cm³/mol. The standard InChI is InChI=1S/C25H27N3O2S/c29-23-16-19(17-27(23)15-13-18-8-2-1-3-9-18)25(30)28-14-7-6-11-21(28)24-26-20-10-4-5-12-22(20)31-24/h1-5,8-10,12,19,21H,6-7,11,13-17H2/t19-,21-/m1/s1. The summed E-state index contributed by atoms with van der Waals surface area (Å²) in [5.74, 6) is -0.0133. The summed E-state index contributed by atoms with van der Waals surface area (Å²) in [5, 5.41) is 1.03. The van der Waals surface area contributed by atoms with Crippen molar-refractivity contribution in [2.24, 2.45) is 5.92 Å². The second-order valence-electron chi connectivity index (χ2n) is 8.54. The molecule has 0 unspecified atom stereocenters. The maximum atomic E-state index is 13.5. The molecule has 3 aromatic rings. The van der Waals surface area contributed by atoms with Gasteiger partial charge in [-0.05, 0) is 43.4 Å². The molecule has 2 aliphatic rings. The molecule has 2 amide bonds. The highest BCUT2D eigenvalue weighted by Crippen LogP contribution is 2.37. The highest BCUT2D eigenvalue weighted by molar-refractivity contribution is 7.18. The highest BCUT2D eigenvalue weighted by atomic mass is 32.1. The average molecular weight is 434 g/mol. The number of amides is 2. The Morgan fingerprint density at radius 2 is 1.87 bits per heavy atom. The first kappa shape index (κ1) is 20.2. The first-order chi connectivity index (χ1) is 15.2. The van der Waals surface area contributed by atoms with Crippen molar-refractivity contribution in [2.45, 2.75) is 38.1 Å². The molecule has 0 radical (unpaired) electrons. The SMILES string of the molecule is O=C1C[C@@H](C(=O)N2CCCC[C@@H]2c2nc3ccccc3s2)CN1CCc1ccccc1. The number of benzene rings is 2. The van der Waals surface area contributed by atoms with E-state index in [-0.39, 0.29) is 23.8 Å². The zero-order chi connectivity index (χ0) is 21.2. The van der Waals surface area contributed by atoms with Gasteiger partial charge in [-0.2, -0.15) is 0 Å². The fraction of sp³-hybridized carbons (Fsp3) is 0.400. The first-order valence-electron chi connectivity index (χ1n) is 11.2. The van der Waals surface area contributed by atoms with Crippen LogP contribution in [0.15, 0.2) is 54.6 Å². The van der Waals surface area contributed by atoms with Crippen molar-refractivity contribution >= 4 is 33.4 Å². The summed E-state index contributed by atoms with van der Waals surface area (Å²) in [7, 11) is 0. The van der Waals surface area contributed by atoms with Gasteiger partial charge in [-0.3, -0.25) is 9.59 Å². The summed E-state index contributed by atoms with van der Waals surface area (Å²) < 4.78 is 1.17. The third-order valence-electron chi connectivity index (χ3n) is 6.46. The molecule has 0 N–H and O–H groups in total. The van der Waals surface area contributed by atoms with Crippen molar-refractivity contribution in [3.8, 4) is 0 Å². The van der Waals surface area contributed by atoms with E-state index in [0.717, 1.165) is 42.8 Å². The number of thiazole rings is 1. The highest BCUT2D eigenvalue weighted by Gasteiger charge is 2.39. The summed E-state index contributed by atoms with van der Waals surface area (Å²) in [5.41, 5.74) is 2.22. The van der Waals surface area contributed by atoms with Crippen molar-refractivity contribution in [1.82, 2.24) is 14.8 Å². The monoisotopic (exact) mass is 433 g/mol. The van der Waals surface area contributed by atoms with Gasteiger partial charge in [0.05, 0.1) is 22.2 Å². The molecule has 0 aliphatic carbocycles. The van der Waals surface area contributed by atoms with Crippen LogP contribution in [-0.2, 0) is 16.0 Å². The predicted octanol–water partition coefficient (Wildman–Crippen LogP) is 4.44. The van der Waals surface area contributed by atoms with Crippen LogP contribution in [0.4, 0.5) is 0 Å². The van der Waals surface area contributed by atoms with E-state index in [9.17, 15) is 9.59 Å². The van der Waals surface area contributed by atoms with E-state index in [1.807, 2.05) is 46.2 Å². The molecule has 1 aromatic heterocycles. The Bertz CT molecular complexity index is 1050. The van der Waals surface area contributed by atoms with E-state index >= 15 is 0 Å². The molecule has 160 valence electrons. The molecule has 2 atom stereocenters. The number of carbonyl (C=O) groups is 2. The Kier molecular flexibility index (Phi) is 5.72. The molecular formula is C25H27N3O2S. The molecule has 3 heterocycles. The minimum atomic E-state index is -0.238. The number of hydrogen-bond acceptors (Lipinski definition) is 4. The number of piperidine rings is 1. The van der Waals surface area contributed by atoms with Gasteiger partial charge in [-0.15, -0.1) is 11.3 Å². The molecule has 0 spiro atoms. The molecule has 0 saturated carbocycles. The van der Waals surface area contributed by atoms with E-state index < -0.39 is 0 Å². The summed E-state index contributed by atoms with van der Waals surface area (Å²) in [4.78, 5) is 34.8. The normalized spacial score (nSPS) is 21.7. The van der Waals surface area contributed by atoms with E-state index in [2.05, 4.69) is 18.2 Å². The maximum Gasteiger partial charge on any atom is 0.228 e. The van der Waals surface area contributed by atoms with Crippen molar-refractivity contribution in [3.63, 3.8) is 0 Å². The number of likely N-dealkylation sites (tertiary alicyclic amines) is 2. The lowest BCUT2D eigenvalue weighted by atomic mass is 9.99. The molecule has 31 heavy (non-hydrogen) atoms. The second kappa shape index (κ2) is 8.79. The van der Waals surface area contributed by atoms with Gasteiger partial charge in [-0.1, -0.05) is 42.5 Å². The topological polar surface area (TPSA) is 53.5 Å². The van der Waals surface area contributed by atoms with Gasteiger partial charge >= 0.3 is 0 Å². The molecule has 6 heteroatoms. The number of hydrogen-bond donors (Lipinski definition) is 0. The van der Waals surface area contributed by atoms with E-state index in [1.54, 1.807) is 11.3 Å². The third kappa shape index (κ3) is 4.22. The van der Waals surface area contributed by atoms with Crippen LogP contribution >= 0.6 is 11.3 Å². The largest absolute Gasteiger partial charge is 0.342 e. The summed E-state index contributed by atoms with van der Waals surface area (Å²) >= 11 is 1.69. The number of rotatable bonds is 5. The Labute approximate surface area is 186 Å². The molecule has 5 rings (SSSR count). The van der Waals surface area contributed by atoms with Gasteiger partial charge in [0.2, 0.25) is 11.8 Å². The van der Waals surface area contributed by atoms with Crippen LogP contribution in [0, 0.1) is 5.92 Å². The van der Waals surface area contributed by atoms with Crippen molar-refractivity contribution in [1.29, 1.82) is 0 Å². The first-order valence-corrected chi connectivity index (χ1v) is 12.0. The fourth-order valence-corrected chi connectivity index (χ4v) is 5.90. The number of fused-ring (bicyclic) bond motifs is 1. The average Bonchev–Trinajstić information content (AvgIpc) is 3.41. The van der Waals surface area contributed by atoms with Crippen LogP contribution in [0.5, 0.6) is 0 Å². The summed E-state index contributed by atoms with van der Waals surface area (Å²) in [6.45, 7) is 1.97. The summed E-state index contributed by atoms with van der Waals surface area (Å²) in [6.07, 6.45) is 4.23. The van der Waals surface area contributed by atoms with Crippen molar-refractivity contribution in [2.75, 3.05) is 19.6 Å². The van der Waals surface area contributed by atoms with Gasteiger partial charge in [0.1, 0.15) is 5.01 Å². The van der Waals surface area contributed by atoms with Crippen molar-refractivity contribution in [3.05, 3.63) is 65.2 Å². The van der Waals surface area contributed by atoms with E-state index in [4.69, 9.17) is 4.98 Å². The number of carbonyl (C=O) groups excluding carboxylic acids is 2. The smallest absolute Gasteiger partial charge is 0.228 e. The minimum Gasteiger partial charge on any atom is -0.342 e. The van der Waals surface area contributed by atoms with Crippen LogP contribution in [0.1, 0.15) is 42.3 Å². The van der Waals surface area contributed by atoms with Crippen LogP contribution in [0.2, 0.25) is 0 Å². The second-order valence-corrected chi connectivity index (χ2v) is 9.60. The van der Waals surface area contributed by atoms with E-state index in [0.29, 0.717) is 19.5 Å². The summed E-state index contributed by atoms with van der Waals surface area (Å²) in [6, 6.07) is 18.4. The molecule has 2 fully saturated rings. The van der Waals surface area contributed by atoms with Crippen LogP contribution in [-0.4, -0.2) is 46.2 Å². The minimum absolute atomic E-state index is 0.0344. The number of aromatic nitrogens is 1. The van der Waals surface area contributed by atoms with Gasteiger partial charge < -0.3 is 9.80 Å². The Morgan fingerprint density at radius 1 is 1.06 bits per heavy atom. The van der Waals surface area contributed by atoms with Crippen LogP contribution < -0.4 is 0 Å². The molecular weight excluding hydrogens is 406 g/mol. The third-order valence-corrected chi connectivity index (χ3v) is 7.60. The lowest BCUT2D eigenvalue weighted by Gasteiger charge is -2.36. The quantitative estimate of drug-likeness (QED) is 0.598. The van der Waals surface area contributed by atoms with Gasteiger partial charge in [0, 0.05) is 26.1 Å². The van der Waals surface area contributed by atoms with Crippen LogP contribution in [0.3, 0.4) is 0 Å². The maximum absolute atomic E-state index is 13.5. The Morgan fingerprint density at radius 3 is 2.71 bits per heavy atom.